The summed E-state index contributed by atoms with van der Waals surface area (Å²) in [6, 6.07) is -1.21. The molecule has 14 heteroatoms. The molecule has 9 nitrogen and oxygen atoms in total. The maximum atomic E-state index is 14.4. The summed E-state index contributed by atoms with van der Waals surface area (Å²) in [7, 11) is -2.09. The second-order valence-electron chi connectivity index (χ2n) is 12.1. The van der Waals surface area contributed by atoms with Crippen LogP contribution in [-0.2, 0) is 14.6 Å². The number of amides is 1. The van der Waals surface area contributed by atoms with E-state index in [-0.39, 0.29) is 48.1 Å². The number of likely N-dealkylation sites (tertiary alicyclic amines) is 1. The van der Waals surface area contributed by atoms with Crippen molar-refractivity contribution < 1.29 is 31.5 Å². The fourth-order valence-corrected chi connectivity index (χ4v) is 9.61. The minimum absolute atomic E-state index is 0.0803. The third-order valence-electron chi connectivity index (χ3n) is 9.82. The first kappa shape index (κ1) is 29.8. The number of nitrogens with zero attached hydrogens (tertiary/aromatic N) is 3. The Morgan fingerprint density at radius 1 is 1.05 bits per heavy atom. The standard InChI is InChI=1S/C25H41ClF3N5O4S/c1-32(24(36)22(35)15-8-11-39(37,38)12-9-15)23(25(27,28)29)16-4-6-17(7-5-16)33-10-2-3-18-19(33)14-30-21-13-20(26)31-34(18)21/h15-23,30-31,35H,2-14H2,1H3/t16?,17?,18?,19?,20?,21?,22-,23+/m1/s1. The van der Waals surface area contributed by atoms with Crippen molar-refractivity contribution >= 4 is 27.3 Å². The van der Waals surface area contributed by atoms with Crippen molar-refractivity contribution in [3.63, 3.8) is 0 Å². The van der Waals surface area contributed by atoms with E-state index in [0.29, 0.717) is 36.6 Å². The normalized spacial score (nSPS) is 38.0. The highest BCUT2D eigenvalue weighted by molar-refractivity contribution is 7.91. The highest BCUT2D eigenvalue weighted by Crippen LogP contribution is 2.41. The van der Waals surface area contributed by atoms with E-state index in [1.165, 1.54) is 0 Å². The third kappa shape index (κ3) is 6.24. The number of carbonyl (C=O) groups is 1. The zero-order valence-electron chi connectivity index (χ0n) is 22.3. The van der Waals surface area contributed by atoms with Crippen LogP contribution in [-0.4, -0.2) is 114 Å². The SMILES string of the molecule is CN(C(=O)[C@H](O)C1CCS(=O)(=O)CC1)[C@@H](C1CCC(N2CCCC3C2CNC2CC(Cl)NN23)CC1)C(F)(F)F. The Morgan fingerprint density at radius 2 is 1.72 bits per heavy atom. The van der Waals surface area contributed by atoms with Gasteiger partial charge in [0, 0.05) is 38.1 Å². The summed E-state index contributed by atoms with van der Waals surface area (Å²) in [4.78, 5) is 16.2. The average molecular weight is 600 g/mol. The molecule has 3 N–H and O–H groups in total. The van der Waals surface area contributed by atoms with E-state index < -0.39 is 45.9 Å². The largest absolute Gasteiger partial charge is 0.409 e. The molecule has 4 heterocycles. The summed E-state index contributed by atoms with van der Waals surface area (Å²) < 4.78 is 66.5. The van der Waals surface area contributed by atoms with Crippen LogP contribution in [0.2, 0.25) is 0 Å². The zero-order valence-corrected chi connectivity index (χ0v) is 23.9. The molecule has 0 aromatic carbocycles. The summed E-state index contributed by atoms with van der Waals surface area (Å²) in [5, 5.41) is 16.4. The van der Waals surface area contributed by atoms with Crippen LogP contribution in [0.25, 0.3) is 0 Å². The minimum atomic E-state index is -4.63. The van der Waals surface area contributed by atoms with Gasteiger partial charge < -0.3 is 10.0 Å². The Bertz CT molecular complexity index is 985. The Hall–Kier alpha value is -0.700. The first-order valence-corrected chi connectivity index (χ1v) is 16.5. The Balaban J connectivity index is 1.21. The maximum absolute atomic E-state index is 14.4. The van der Waals surface area contributed by atoms with Crippen LogP contribution in [0, 0.1) is 11.8 Å². The summed E-state index contributed by atoms with van der Waals surface area (Å²) in [5.41, 5.74) is 3.27. The van der Waals surface area contributed by atoms with Crippen LogP contribution in [0.5, 0.6) is 0 Å². The van der Waals surface area contributed by atoms with Crippen molar-refractivity contribution in [3.05, 3.63) is 0 Å². The van der Waals surface area contributed by atoms with Crippen molar-refractivity contribution in [1.82, 2.24) is 25.6 Å². The molecule has 0 radical (unpaired) electrons. The Morgan fingerprint density at radius 3 is 2.36 bits per heavy atom. The van der Waals surface area contributed by atoms with Crippen LogP contribution in [0.1, 0.15) is 57.8 Å². The van der Waals surface area contributed by atoms with Crippen molar-refractivity contribution in [3.8, 4) is 0 Å². The fraction of sp³-hybridized carbons (Fsp3) is 0.960. The van der Waals surface area contributed by atoms with Gasteiger partial charge in [-0.2, -0.15) is 13.2 Å². The molecule has 1 aliphatic carbocycles. The van der Waals surface area contributed by atoms with Gasteiger partial charge in [-0.1, -0.05) is 0 Å². The monoisotopic (exact) mass is 599 g/mol. The van der Waals surface area contributed by atoms with Crippen molar-refractivity contribution in [2.45, 2.75) is 106 Å². The van der Waals surface area contributed by atoms with Gasteiger partial charge in [-0.05, 0) is 69.7 Å². The number of hydrogen-bond donors (Lipinski definition) is 3. The van der Waals surface area contributed by atoms with Gasteiger partial charge in [-0.25, -0.2) is 18.9 Å². The van der Waals surface area contributed by atoms with Crippen LogP contribution < -0.4 is 10.7 Å². The quantitative estimate of drug-likeness (QED) is 0.324. The van der Waals surface area contributed by atoms with E-state index >= 15 is 0 Å². The van der Waals surface area contributed by atoms with E-state index in [9.17, 15) is 31.5 Å². The molecule has 0 bridgehead atoms. The van der Waals surface area contributed by atoms with Crippen LogP contribution in [0.4, 0.5) is 13.2 Å². The number of likely N-dealkylation sites (N-methyl/N-ethyl adjacent to an activating group) is 1. The van der Waals surface area contributed by atoms with E-state index in [4.69, 9.17) is 11.6 Å². The first-order chi connectivity index (χ1) is 18.4. The predicted octanol–water partition coefficient (Wildman–Crippen LogP) is 1.66. The number of hydrogen-bond acceptors (Lipinski definition) is 8. The Labute approximate surface area is 233 Å². The molecule has 4 unspecified atom stereocenters. The molecule has 0 aromatic rings. The number of halogens is 4. The topological polar surface area (TPSA) is 105 Å². The van der Waals surface area contributed by atoms with E-state index in [0.717, 1.165) is 39.4 Å². The summed E-state index contributed by atoms with van der Waals surface area (Å²) >= 11 is 6.34. The molecule has 0 spiro atoms. The Kier molecular flexibility index (Phi) is 8.80. The average Bonchev–Trinajstić information content (AvgIpc) is 3.28. The number of alkyl halides is 4. The van der Waals surface area contributed by atoms with Gasteiger partial charge in [0.15, 0.2) is 0 Å². The number of rotatable bonds is 5. The number of sulfone groups is 1. The van der Waals surface area contributed by atoms with Gasteiger partial charge in [-0.15, -0.1) is 11.6 Å². The molecule has 5 fully saturated rings. The van der Waals surface area contributed by atoms with E-state index in [1.807, 2.05) is 0 Å². The van der Waals surface area contributed by atoms with Gasteiger partial charge in [0.25, 0.3) is 5.91 Å². The highest BCUT2D eigenvalue weighted by Gasteiger charge is 2.52. The molecule has 1 saturated carbocycles. The number of piperidine rings is 1. The number of aliphatic hydroxyl groups is 1. The number of fused-ring (bicyclic) bond motifs is 3. The molecule has 39 heavy (non-hydrogen) atoms. The fourth-order valence-electron chi connectivity index (χ4n) is 7.80. The summed E-state index contributed by atoms with van der Waals surface area (Å²) in [6.07, 6.45) is -1.03. The second-order valence-corrected chi connectivity index (χ2v) is 14.9. The number of hydrazine groups is 1. The van der Waals surface area contributed by atoms with E-state index in [1.54, 1.807) is 0 Å². The maximum Gasteiger partial charge on any atom is 0.409 e. The first-order valence-electron chi connectivity index (χ1n) is 14.3. The van der Waals surface area contributed by atoms with Crippen LogP contribution in [0.3, 0.4) is 0 Å². The molecule has 224 valence electrons. The molecule has 5 rings (SSSR count). The lowest BCUT2D eigenvalue weighted by molar-refractivity contribution is -0.205. The lowest BCUT2D eigenvalue weighted by atomic mass is 9.78. The predicted molar refractivity (Wildman–Crippen MR) is 140 cm³/mol. The molecule has 1 amide bonds. The minimum Gasteiger partial charge on any atom is -0.383 e. The summed E-state index contributed by atoms with van der Waals surface area (Å²) in [6.45, 7) is 1.76. The van der Waals surface area contributed by atoms with E-state index in [2.05, 4.69) is 20.7 Å². The zero-order chi connectivity index (χ0) is 28.1. The molecule has 5 aliphatic rings. The number of nitrogens with one attached hydrogen (secondary N) is 2. The smallest absolute Gasteiger partial charge is 0.383 e. The third-order valence-corrected chi connectivity index (χ3v) is 11.8. The van der Waals surface area contributed by atoms with Gasteiger partial charge in [-0.3, -0.25) is 15.0 Å². The van der Waals surface area contributed by atoms with Crippen molar-refractivity contribution in [1.29, 1.82) is 0 Å². The molecule has 6 atom stereocenters. The molecular weight excluding hydrogens is 559 g/mol. The molecular formula is C25H41ClF3N5O4S. The van der Waals surface area contributed by atoms with Gasteiger partial charge in [0.1, 0.15) is 22.0 Å². The van der Waals surface area contributed by atoms with Crippen molar-refractivity contribution in [2.24, 2.45) is 11.8 Å². The van der Waals surface area contributed by atoms with Gasteiger partial charge >= 0.3 is 6.18 Å². The van der Waals surface area contributed by atoms with Crippen LogP contribution >= 0.6 is 11.6 Å². The number of carbonyl (C=O) groups excluding carboxylic acids is 1. The molecule has 0 aromatic heterocycles. The highest BCUT2D eigenvalue weighted by atomic mass is 35.5. The van der Waals surface area contributed by atoms with Gasteiger partial charge in [0.2, 0.25) is 0 Å². The van der Waals surface area contributed by atoms with Gasteiger partial charge in [0.05, 0.1) is 23.2 Å². The second kappa shape index (κ2) is 11.5. The lowest BCUT2D eigenvalue weighted by Crippen LogP contribution is -2.70. The molecule has 4 saturated heterocycles. The number of aliphatic hydroxyl groups excluding tert-OH is 1. The molecule has 4 aliphatic heterocycles. The van der Waals surface area contributed by atoms with Crippen molar-refractivity contribution in [2.75, 3.05) is 31.6 Å². The summed E-state index contributed by atoms with van der Waals surface area (Å²) in [5.74, 6) is -2.69. The van der Waals surface area contributed by atoms with Crippen LogP contribution in [0.15, 0.2) is 0 Å². The lowest BCUT2D eigenvalue weighted by Gasteiger charge is -2.53.